The second-order valence-corrected chi connectivity index (χ2v) is 9.65. The van der Waals surface area contributed by atoms with E-state index >= 15 is 0 Å². The van der Waals surface area contributed by atoms with Gasteiger partial charge in [0, 0.05) is 6.42 Å². The molecular weight excluding hydrogens is 300 g/mol. The van der Waals surface area contributed by atoms with Crippen LogP contribution in [0.1, 0.15) is 65.2 Å². The van der Waals surface area contributed by atoms with E-state index in [0.717, 1.165) is 43.8 Å². The summed E-state index contributed by atoms with van der Waals surface area (Å²) in [5.41, 5.74) is 2.13. The standard InChI is InChI=1S/C21H32O3/c1-19-9-10-21(23-11-12-24-21)13-14(19)3-4-15-16-5-6-18(22)20(16,2)8-7-17(15)19/h13,15-18,22H,3-12H2,1-2H3/t15-,16-,17-,18?,19-,20-/m0/s1. The minimum Gasteiger partial charge on any atom is -0.393 e. The van der Waals surface area contributed by atoms with Crippen LogP contribution < -0.4 is 0 Å². The number of aliphatic hydroxyl groups excluding tert-OH is 1. The molecule has 0 aromatic carbocycles. The molecular formula is C21H32O3. The van der Waals surface area contributed by atoms with Gasteiger partial charge in [-0.15, -0.1) is 0 Å². The molecule has 0 aromatic heterocycles. The Bertz CT molecular complexity index is 563. The zero-order valence-corrected chi connectivity index (χ0v) is 15.2. The predicted molar refractivity (Wildman–Crippen MR) is 92.3 cm³/mol. The fourth-order valence-electron chi connectivity index (χ4n) is 7.35. The molecule has 1 aliphatic heterocycles. The van der Waals surface area contributed by atoms with Gasteiger partial charge >= 0.3 is 0 Å². The molecule has 0 bridgehead atoms. The molecule has 0 radical (unpaired) electrons. The van der Waals surface area contributed by atoms with E-state index < -0.39 is 5.79 Å². The van der Waals surface area contributed by atoms with Crippen LogP contribution in [-0.2, 0) is 9.47 Å². The smallest absolute Gasteiger partial charge is 0.188 e. The zero-order valence-electron chi connectivity index (χ0n) is 15.2. The second kappa shape index (κ2) is 5.08. The van der Waals surface area contributed by atoms with E-state index in [-0.39, 0.29) is 11.5 Å². The Morgan fingerprint density at radius 2 is 1.75 bits per heavy atom. The number of aliphatic hydroxyl groups is 1. The van der Waals surface area contributed by atoms with Crippen LogP contribution in [0.15, 0.2) is 11.6 Å². The van der Waals surface area contributed by atoms with Crippen molar-refractivity contribution in [3.05, 3.63) is 11.6 Å². The lowest BCUT2D eigenvalue weighted by Gasteiger charge is -2.58. The quantitative estimate of drug-likeness (QED) is 0.680. The molecule has 134 valence electrons. The van der Waals surface area contributed by atoms with Crippen molar-refractivity contribution < 1.29 is 14.6 Å². The summed E-state index contributed by atoms with van der Waals surface area (Å²) in [6, 6.07) is 0. The van der Waals surface area contributed by atoms with Gasteiger partial charge in [0.05, 0.1) is 19.3 Å². The molecule has 3 saturated carbocycles. The largest absolute Gasteiger partial charge is 0.393 e. The number of ether oxygens (including phenoxy) is 2. The van der Waals surface area contributed by atoms with Crippen LogP contribution in [-0.4, -0.2) is 30.2 Å². The van der Waals surface area contributed by atoms with Crippen molar-refractivity contribution in [1.82, 2.24) is 0 Å². The molecule has 3 heteroatoms. The maximum absolute atomic E-state index is 10.6. The van der Waals surface area contributed by atoms with Crippen molar-refractivity contribution in [2.45, 2.75) is 77.1 Å². The molecule has 5 rings (SSSR count). The van der Waals surface area contributed by atoms with Crippen molar-refractivity contribution in [2.75, 3.05) is 13.2 Å². The third-order valence-corrected chi connectivity index (χ3v) is 8.85. The van der Waals surface area contributed by atoms with E-state index in [9.17, 15) is 5.11 Å². The first-order valence-corrected chi connectivity index (χ1v) is 10.2. The normalized spacial score (nSPS) is 52.5. The van der Waals surface area contributed by atoms with Gasteiger partial charge in [-0.1, -0.05) is 19.4 Å². The van der Waals surface area contributed by atoms with E-state index in [1.807, 2.05) is 0 Å². The third kappa shape index (κ3) is 1.95. The van der Waals surface area contributed by atoms with Crippen molar-refractivity contribution in [3.8, 4) is 0 Å². The van der Waals surface area contributed by atoms with Crippen LogP contribution in [0.25, 0.3) is 0 Å². The van der Waals surface area contributed by atoms with Gasteiger partial charge in [-0.25, -0.2) is 0 Å². The minimum atomic E-state index is -0.394. The van der Waals surface area contributed by atoms with E-state index in [4.69, 9.17) is 9.47 Å². The summed E-state index contributed by atoms with van der Waals surface area (Å²) < 4.78 is 12.0. The first-order valence-electron chi connectivity index (χ1n) is 10.2. The van der Waals surface area contributed by atoms with Gasteiger partial charge < -0.3 is 14.6 Å². The summed E-state index contributed by atoms with van der Waals surface area (Å²) in [6.07, 6.45) is 11.8. The SMILES string of the molecule is C[C@]12CCC3(C=C1CC[C@@H]1[C@@H]2CC[C@]2(C)C(O)CC[C@@H]12)OCCO3. The van der Waals surface area contributed by atoms with E-state index in [2.05, 4.69) is 19.9 Å². The van der Waals surface area contributed by atoms with Crippen molar-refractivity contribution in [3.63, 3.8) is 0 Å². The van der Waals surface area contributed by atoms with Gasteiger partial charge in [0.25, 0.3) is 0 Å². The molecule has 5 aliphatic rings. The fourth-order valence-corrected chi connectivity index (χ4v) is 7.35. The summed E-state index contributed by atoms with van der Waals surface area (Å²) in [6.45, 7) is 6.37. The van der Waals surface area contributed by atoms with Gasteiger partial charge in [0.1, 0.15) is 0 Å². The Kier molecular flexibility index (Phi) is 3.35. The van der Waals surface area contributed by atoms with E-state index in [1.165, 1.54) is 38.5 Å². The Morgan fingerprint density at radius 1 is 0.958 bits per heavy atom. The number of hydrogen-bond acceptors (Lipinski definition) is 3. The van der Waals surface area contributed by atoms with Gasteiger partial charge in [-0.2, -0.15) is 0 Å². The molecule has 3 nitrogen and oxygen atoms in total. The highest BCUT2D eigenvalue weighted by Gasteiger charge is 2.59. The van der Waals surface area contributed by atoms with Crippen molar-refractivity contribution in [2.24, 2.45) is 28.6 Å². The zero-order chi connectivity index (χ0) is 16.6. The molecule has 1 saturated heterocycles. The van der Waals surface area contributed by atoms with Crippen LogP contribution in [0.3, 0.4) is 0 Å². The molecule has 0 amide bonds. The third-order valence-electron chi connectivity index (χ3n) is 8.85. The highest BCUT2D eigenvalue weighted by molar-refractivity contribution is 5.27. The minimum absolute atomic E-state index is 0.0666. The highest BCUT2D eigenvalue weighted by Crippen LogP contribution is 2.66. The molecule has 1 N–H and O–H groups in total. The van der Waals surface area contributed by atoms with Gasteiger partial charge in [-0.3, -0.25) is 0 Å². The highest BCUT2D eigenvalue weighted by atomic mass is 16.7. The van der Waals surface area contributed by atoms with Crippen LogP contribution in [0.4, 0.5) is 0 Å². The van der Waals surface area contributed by atoms with Crippen LogP contribution >= 0.6 is 0 Å². The van der Waals surface area contributed by atoms with Crippen LogP contribution in [0, 0.1) is 28.6 Å². The number of hydrogen-bond donors (Lipinski definition) is 1. The number of rotatable bonds is 0. The second-order valence-electron chi connectivity index (χ2n) is 9.65. The molecule has 1 heterocycles. The van der Waals surface area contributed by atoms with E-state index in [1.54, 1.807) is 5.57 Å². The lowest BCUT2D eigenvalue weighted by atomic mass is 9.47. The summed E-state index contributed by atoms with van der Waals surface area (Å²) in [7, 11) is 0. The molecule has 1 unspecified atom stereocenters. The van der Waals surface area contributed by atoms with Crippen molar-refractivity contribution in [1.29, 1.82) is 0 Å². The molecule has 6 atom stereocenters. The van der Waals surface area contributed by atoms with E-state index in [0.29, 0.717) is 5.41 Å². The first-order chi connectivity index (χ1) is 11.5. The Balaban J connectivity index is 1.47. The summed E-state index contributed by atoms with van der Waals surface area (Å²) >= 11 is 0. The topological polar surface area (TPSA) is 38.7 Å². The average molecular weight is 332 g/mol. The average Bonchev–Trinajstić information content (AvgIpc) is 3.14. The number of allylic oxidation sites excluding steroid dienone is 1. The Morgan fingerprint density at radius 3 is 2.54 bits per heavy atom. The summed E-state index contributed by atoms with van der Waals surface area (Å²) in [5.74, 6) is 1.94. The first kappa shape index (κ1) is 15.8. The maximum Gasteiger partial charge on any atom is 0.188 e. The molecule has 24 heavy (non-hydrogen) atoms. The summed E-state index contributed by atoms with van der Waals surface area (Å²) in [4.78, 5) is 0. The predicted octanol–water partition coefficient (Wildman–Crippen LogP) is 4.05. The van der Waals surface area contributed by atoms with Crippen LogP contribution in [0.5, 0.6) is 0 Å². The fraction of sp³-hybridized carbons (Fsp3) is 0.905. The molecule has 4 fully saturated rings. The van der Waals surface area contributed by atoms with Crippen LogP contribution in [0.2, 0.25) is 0 Å². The lowest BCUT2D eigenvalue weighted by molar-refractivity contribution is -0.145. The van der Waals surface area contributed by atoms with Gasteiger partial charge in [-0.05, 0) is 79.6 Å². The van der Waals surface area contributed by atoms with Crippen molar-refractivity contribution >= 4 is 0 Å². The number of fused-ring (bicyclic) bond motifs is 5. The van der Waals surface area contributed by atoms with Gasteiger partial charge in [0.15, 0.2) is 5.79 Å². The Labute approximate surface area is 145 Å². The lowest BCUT2D eigenvalue weighted by Crippen LogP contribution is -2.52. The monoisotopic (exact) mass is 332 g/mol. The maximum atomic E-state index is 10.6. The Hall–Kier alpha value is -0.380. The molecule has 4 aliphatic carbocycles. The molecule has 1 spiro atoms. The summed E-state index contributed by atoms with van der Waals surface area (Å²) in [5, 5.41) is 10.6. The molecule has 0 aromatic rings. The van der Waals surface area contributed by atoms with Gasteiger partial charge in [0.2, 0.25) is 0 Å².